The van der Waals surface area contributed by atoms with Crippen molar-refractivity contribution in [2.75, 3.05) is 33.3 Å². The third-order valence-electron chi connectivity index (χ3n) is 4.72. The van der Waals surface area contributed by atoms with Crippen LogP contribution in [0.2, 0.25) is 0 Å². The average Bonchev–Trinajstić information content (AvgIpc) is 3.21. The summed E-state index contributed by atoms with van der Waals surface area (Å²) in [5, 5.41) is 3.00. The van der Waals surface area contributed by atoms with E-state index in [4.69, 9.17) is 4.74 Å². The molecule has 0 unspecified atom stereocenters. The van der Waals surface area contributed by atoms with Crippen molar-refractivity contribution in [2.24, 2.45) is 5.92 Å². The predicted octanol–water partition coefficient (Wildman–Crippen LogP) is 1.94. The number of nitrogens with zero attached hydrogens (tertiary/aromatic N) is 3. The lowest BCUT2D eigenvalue weighted by molar-refractivity contribution is -0.141. The summed E-state index contributed by atoms with van der Waals surface area (Å²) in [5.41, 5.74) is 0. The third kappa shape index (κ3) is 4.49. The topological polar surface area (TPSA) is 45.7 Å². The molecular weight excluding hydrogens is 317 g/mol. The minimum absolute atomic E-state index is 0.0429. The molecule has 2 aliphatic rings. The van der Waals surface area contributed by atoms with Crippen LogP contribution in [0.15, 0.2) is 11.6 Å². The molecule has 2 fully saturated rings. The number of cyclic esters (lactones) is 1. The van der Waals surface area contributed by atoms with Crippen molar-refractivity contribution >= 4 is 17.3 Å². The number of rotatable bonds is 7. The molecule has 7 heteroatoms. The molecule has 128 valence electrons. The number of carbonyl (C=O) groups excluding carboxylic acids is 1. The number of esters is 1. The fourth-order valence-electron chi connectivity index (χ4n) is 3.44. The molecule has 23 heavy (non-hydrogen) atoms. The monoisotopic (exact) mass is 341 g/mol. The van der Waals surface area contributed by atoms with Crippen molar-refractivity contribution in [1.82, 2.24) is 14.8 Å². The van der Waals surface area contributed by atoms with Crippen LogP contribution in [-0.4, -0.2) is 66.3 Å². The molecule has 1 aromatic heterocycles. The Morgan fingerprint density at radius 1 is 1.57 bits per heavy atom. The average molecular weight is 341 g/mol. The highest BCUT2D eigenvalue weighted by molar-refractivity contribution is 7.09. The number of likely N-dealkylation sites (N-methyl/N-ethyl adjacent to an activating group) is 1. The van der Waals surface area contributed by atoms with Gasteiger partial charge >= 0.3 is 5.97 Å². The van der Waals surface area contributed by atoms with E-state index in [2.05, 4.69) is 14.8 Å². The van der Waals surface area contributed by atoms with E-state index < -0.39 is 6.17 Å². The zero-order chi connectivity index (χ0) is 16.2. The molecule has 2 saturated heterocycles. The highest BCUT2D eigenvalue weighted by Gasteiger charge is 2.33. The Balaban J connectivity index is 1.47. The summed E-state index contributed by atoms with van der Waals surface area (Å²) in [6, 6.07) is 0.217. The first-order valence-electron chi connectivity index (χ1n) is 8.23. The first-order valence-corrected chi connectivity index (χ1v) is 9.11. The summed E-state index contributed by atoms with van der Waals surface area (Å²) in [4.78, 5) is 20.2. The van der Waals surface area contributed by atoms with Crippen molar-refractivity contribution in [3.63, 3.8) is 0 Å². The third-order valence-corrected chi connectivity index (χ3v) is 5.49. The maximum Gasteiger partial charge on any atom is 0.309 e. The van der Waals surface area contributed by atoms with Crippen molar-refractivity contribution in [3.05, 3.63) is 16.6 Å². The van der Waals surface area contributed by atoms with Gasteiger partial charge < -0.3 is 9.64 Å². The fraction of sp³-hybridized carbons (Fsp3) is 0.750. The van der Waals surface area contributed by atoms with Crippen LogP contribution in [0.4, 0.5) is 4.39 Å². The van der Waals surface area contributed by atoms with Gasteiger partial charge in [0, 0.05) is 30.7 Å². The van der Waals surface area contributed by atoms with E-state index in [0.717, 1.165) is 37.5 Å². The quantitative estimate of drug-likeness (QED) is 0.709. The zero-order valence-corrected chi connectivity index (χ0v) is 14.3. The molecule has 3 heterocycles. The Labute approximate surface area is 140 Å². The summed E-state index contributed by atoms with van der Waals surface area (Å²) >= 11 is 1.62. The Morgan fingerprint density at radius 3 is 3.13 bits per heavy atom. The van der Waals surface area contributed by atoms with Crippen LogP contribution in [0.1, 0.15) is 24.3 Å². The molecule has 0 bridgehead atoms. The SMILES string of the molecule is CN(CC[C@@H]1CCOC1=O)C[C@@H]1C[C@H](F)CN1Cc1nccs1. The minimum atomic E-state index is -0.752. The standard InChI is InChI=1S/C16H24FN3O2S/c1-19(5-2-12-3-6-22-16(12)21)10-14-8-13(17)9-20(14)11-15-18-4-7-23-15/h4,7,12-14H,2-3,5-6,8-11H2,1H3/t12-,13+,14+/m1/s1. The predicted molar refractivity (Wildman–Crippen MR) is 87.0 cm³/mol. The Morgan fingerprint density at radius 2 is 2.43 bits per heavy atom. The lowest BCUT2D eigenvalue weighted by Gasteiger charge is -2.28. The van der Waals surface area contributed by atoms with Crippen LogP contribution in [-0.2, 0) is 16.1 Å². The molecule has 3 rings (SSSR count). The van der Waals surface area contributed by atoms with E-state index in [-0.39, 0.29) is 17.9 Å². The maximum absolute atomic E-state index is 13.8. The van der Waals surface area contributed by atoms with Gasteiger partial charge in [0.15, 0.2) is 0 Å². The summed E-state index contributed by atoms with van der Waals surface area (Å²) < 4.78 is 18.8. The van der Waals surface area contributed by atoms with Gasteiger partial charge in [0.05, 0.1) is 19.1 Å². The van der Waals surface area contributed by atoms with Crippen molar-refractivity contribution in [1.29, 1.82) is 0 Å². The highest BCUT2D eigenvalue weighted by Crippen LogP contribution is 2.24. The Hall–Kier alpha value is -1.05. The summed E-state index contributed by atoms with van der Waals surface area (Å²) in [5.74, 6) is -0.0186. The van der Waals surface area contributed by atoms with Crippen LogP contribution in [0, 0.1) is 5.92 Å². The smallest absolute Gasteiger partial charge is 0.309 e. The van der Waals surface area contributed by atoms with Crippen molar-refractivity contribution in [3.8, 4) is 0 Å². The summed E-state index contributed by atoms with van der Waals surface area (Å²) in [6.07, 6.45) is 3.29. The van der Waals surface area contributed by atoms with E-state index in [1.165, 1.54) is 0 Å². The molecule has 0 radical (unpaired) electrons. The molecule has 5 nitrogen and oxygen atoms in total. The van der Waals surface area contributed by atoms with E-state index in [9.17, 15) is 9.18 Å². The van der Waals surface area contributed by atoms with E-state index >= 15 is 0 Å². The number of ether oxygens (including phenoxy) is 1. The molecular formula is C16H24FN3O2S. The number of carbonyl (C=O) groups is 1. The number of hydrogen-bond donors (Lipinski definition) is 0. The van der Waals surface area contributed by atoms with Crippen LogP contribution >= 0.6 is 11.3 Å². The second-order valence-corrected chi connectivity index (χ2v) is 7.53. The van der Waals surface area contributed by atoms with E-state index in [1.807, 2.05) is 12.4 Å². The van der Waals surface area contributed by atoms with Gasteiger partial charge in [0.25, 0.3) is 0 Å². The second-order valence-electron chi connectivity index (χ2n) is 6.55. The molecule has 2 aliphatic heterocycles. The van der Waals surface area contributed by atoms with Gasteiger partial charge in [-0.3, -0.25) is 9.69 Å². The molecule has 0 spiro atoms. The van der Waals surface area contributed by atoms with Gasteiger partial charge in [-0.05, 0) is 32.9 Å². The number of aromatic nitrogens is 1. The first kappa shape index (κ1) is 16.8. The van der Waals surface area contributed by atoms with Crippen LogP contribution in [0.3, 0.4) is 0 Å². The second kappa shape index (κ2) is 7.68. The molecule has 0 saturated carbocycles. The first-order chi connectivity index (χ1) is 11.1. The number of hydrogen-bond acceptors (Lipinski definition) is 6. The van der Waals surface area contributed by atoms with Gasteiger partial charge in [-0.1, -0.05) is 0 Å². The zero-order valence-electron chi connectivity index (χ0n) is 13.5. The Kier molecular flexibility index (Phi) is 5.61. The lowest BCUT2D eigenvalue weighted by atomic mass is 10.0. The Bertz CT molecular complexity index is 513. The molecule has 0 aromatic carbocycles. The van der Waals surface area contributed by atoms with Crippen LogP contribution in [0.25, 0.3) is 0 Å². The van der Waals surface area contributed by atoms with Crippen molar-refractivity contribution < 1.29 is 13.9 Å². The summed E-state index contributed by atoms with van der Waals surface area (Å²) in [7, 11) is 2.05. The summed E-state index contributed by atoms with van der Waals surface area (Å²) in [6.45, 7) is 3.45. The molecule has 1 aromatic rings. The number of alkyl halides is 1. The van der Waals surface area contributed by atoms with Crippen molar-refractivity contribution in [2.45, 2.75) is 38.0 Å². The van der Waals surface area contributed by atoms with Crippen LogP contribution < -0.4 is 0 Å². The minimum Gasteiger partial charge on any atom is -0.465 e. The van der Waals surface area contributed by atoms with Gasteiger partial charge in [0.2, 0.25) is 0 Å². The largest absolute Gasteiger partial charge is 0.465 e. The van der Waals surface area contributed by atoms with Gasteiger partial charge in [0.1, 0.15) is 11.2 Å². The van der Waals surface area contributed by atoms with Crippen LogP contribution in [0.5, 0.6) is 0 Å². The fourth-order valence-corrected chi connectivity index (χ4v) is 4.08. The molecule has 0 aliphatic carbocycles. The number of likely N-dealkylation sites (tertiary alicyclic amines) is 1. The molecule has 0 N–H and O–H groups in total. The lowest BCUT2D eigenvalue weighted by Crippen LogP contribution is -2.39. The highest BCUT2D eigenvalue weighted by atomic mass is 32.1. The number of halogens is 1. The normalized spacial score (nSPS) is 28.7. The van der Waals surface area contributed by atoms with Gasteiger partial charge in [-0.15, -0.1) is 11.3 Å². The van der Waals surface area contributed by atoms with E-state index in [1.54, 1.807) is 17.5 Å². The van der Waals surface area contributed by atoms with Gasteiger partial charge in [-0.25, -0.2) is 9.37 Å². The maximum atomic E-state index is 13.8. The van der Waals surface area contributed by atoms with E-state index in [0.29, 0.717) is 19.6 Å². The molecule has 0 amide bonds. The number of thiazole rings is 1. The molecule has 3 atom stereocenters. The van der Waals surface area contributed by atoms with Gasteiger partial charge in [-0.2, -0.15) is 0 Å².